The highest BCUT2D eigenvalue weighted by Gasteiger charge is 2.08. The van der Waals surface area contributed by atoms with E-state index in [0.717, 1.165) is 4.47 Å². The fraction of sp³-hybridized carbons (Fsp3) is 0.0625. The summed E-state index contributed by atoms with van der Waals surface area (Å²) in [7, 11) is 0. The van der Waals surface area contributed by atoms with Crippen LogP contribution < -0.4 is 10.7 Å². The van der Waals surface area contributed by atoms with Crippen molar-refractivity contribution < 1.29 is 4.79 Å². The van der Waals surface area contributed by atoms with E-state index in [0.29, 0.717) is 16.6 Å². The Labute approximate surface area is 134 Å². The molecule has 110 valence electrons. The molecule has 0 bridgehead atoms. The van der Waals surface area contributed by atoms with Crippen LogP contribution in [0.1, 0.15) is 0 Å². The summed E-state index contributed by atoms with van der Waals surface area (Å²) in [4.78, 5) is 23.9. The first kappa shape index (κ1) is 14.5. The van der Waals surface area contributed by atoms with Crippen molar-refractivity contribution in [2.24, 2.45) is 0 Å². The van der Waals surface area contributed by atoms with Gasteiger partial charge in [0.15, 0.2) is 0 Å². The zero-order valence-corrected chi connectivity index (χ0v) is 13.1. The molecule has 3 rings (SSSR count). The number of fused-ring (bicyclic) bond motifs is 1. The molecule has 0 atom stereocenters. The van der Waals surface area contributed by atoms with Crippen molar-refractivity contribution in [2.75, 3.05) is 5.32 Å². The second-order valence-electron chi connectivity index (χ2n) is 4.74. The molecule has 1 aromatic heterocycles. The molecule has 1 N–H and O–H groups in total. The lowest BCUT2D eigenvalue weighted by Crippen LogP contribution is -2.22. The Morgan fingerprint density at radius 1 is 1.18 bits per heavy atom. The number of rotatable bonds is 3. The molecule has 0 unspecified atom stereocenters. The average Bonchev–Trinajstić information content (AvgIpc) is 2.50. The lowest BCUT2D eigenvalue weighted by Gasteiger charge is -2.10. The third-order valence-corrected chi connectivity index (χ3v) is 3.66. The van der Waals surface area contributed by atoms with Gasteiger partial charge in [0.05, 0.1) is 11.7 Å². The molecule has 0 aliphatic carbocycles. The lowest BCUT2D eigenvalue weighted by atomic mass is 10.2. The van der Waals surface area contributed by atoms with Gasteiger partial charge in [-0.3, -0.25) is 14.3 Å². The number of halogens is 1. The van der Waals surface area contributed by atoms with E-state index in [4.69, 9.17) is 0 Å². The Morgan fingerprint density at radius 2 is 2.00 bits per heavy atom. The highest BCUT2D eigenvalue weighted by Crippen LogP contribution is 2.15. The second kappa shape index (κ2) is 6.11. The Bertz CT molecular complexity index is 905. The number of carbonyl (C=O) groups excluding carboxylic acids is 1. The minimum atomic E-state index is -0.209. The summed E-state index contributed by atoms with van der Waals surface area (Å²) in [6, 6.07) is 14.4. The highest BCUT2D eigenvalue weighted by molar-refractivity contribution is 9.10. The summed E-state index contributed by atoms with van der Waals surface area (Å²) in [5.74, 6) is -0.209. The minimum Gasteiger partial charge on any atom is -0.324 e. The first-order valence-electron chi connectivity index (χ1n) is 6.64. The average molecular weight is 358 g/mol. The monoisotopic (exact) mass is 357 g/mol. The van der Waals surface area contributed by atoms with Crippen molar-refractivity contribution in [3.8, 4) is 0 Å². The van der Waals surface area contributed by atoms with Crippen LogP contribution in [0.25, 0.3) is 10.9 Å². The quantitative estimate of drug-likeness (QED) is 0.783. The van der Waals surface area contributed by atoms with Gasteiger partial charge in [-0.25, -0.2) is 0 Å². The first-order chi connectivity index (χ1) is 10.6. The fourth-order valence-electron chi connectivity index (χ4n) is 2.19. The van der Waals surface area contributed by atoms with Crippen LogP contribution in [0.15, 0.2) is 64.0 Å². The minimum absolute atomic E-state index is 0.0350. The molecule has 1 heterocycles. The van der Waals surface area contributed by atoms with Gasteiger partial charge in [-0.15, -0.1) is 0 Å². The molecule has 3 aromatic rings. The largest absolute Gasteiger partial charge is 0.324 e. The summed E-state index contributed by atoms with van der Waals surface area (Å²) in [5, 5.41) is 7.39. The zero-order chi connectivity index (χ0) is 15.5. The van der Waals surface area contributed by atoms with Gasteiger partial charge in [-0.05, 0) is 30.3 Å². The molecule has 2 aromatic carbocycles. The number of nitrogens with one attached hydrogen (secondary N) is 1. The Morgan fingerprint density at radius 3 is 2.82 bits per heavy atom. The van der Waals surface area contributed by atoms with Gasteiger partial charge in [0.2, 0.25) is 11.3 Å². The maximum Gasteiger partial charge on any atom is 0.246 e. The summed E-state index contributed by atoms with van der Waals surface area (Å²) in [6.45, 7) is 0.0350. The molecule has 0 spiro atoms. The third-order valence-electron chi connectivity index (χ3n) is 3.16. The molecule has 0 radical (unpaired) electrons. The van der Waals surface area contributed by atoms with Gasteiger partial charge >= 0.3 is 0 Å². The van der Waals surface area contributed by atoms with Crippen molar-refractivity contribution in [3.05, 3.63) is 69.4 Å². The molecular weight excluding hydrogens is 346 g/mol. The maximum absolute atomic E-state index is 12.2. The highest BCUT2D eigenvalue weighted by atomic mass is 79.9. The van der Waals surface area contributed by atoms with Crippen LogP contribution in [0, 0.1) is 0 Å². The van der Waals surface area contributed by atoms with Gasteiger partial charge in [0.1, 0.15) is 6.54 Å². The van der Waals surface area contributed by atoms with Gasteiger partial charge in [-0.1, -0.05) is 34.1 Å². The number of benzene rings is 2. The van der Waals surface area contributed by atoms with E-state index in [9.17, 15) is 9.59 Å². The van der Waals surface area contributed by atoms with E-state index in [2.05, 4.69) is 26.3 Å². The Kier molecular flexibility index (Phi) is 4.02. The van der Waals surface area contributed by atoms with Crippen LogP contribution >= 0.6 is 15.9 Å². The van der Waals surface area contributed by atoms with Crippen LogP contribution in [0.5, 0.6) is 0 Å². The molecule has 1 amide bonds. The summed E-state index contributed by atoms with van der Waals surface area (Å²) < 4.78 is 2.40. The van der Waals surface area contributed by atoms with Crippen molar-refractivity contribution in [1.82, 2.24) is 9.78 Å². The number of carbonyl (C=O) groups is 1. The van der Waals surface area contributed by atoms with Crippen molar-refractivity contribution in [1.29, 1.82) is 0 Å². The number of hydrogen-bond donors (Lipinski definition) is 1. The molecule has 0 fully saturated rings. The molecule has 0 aliphatic heterocycles. The van der Waals surface area contributed by atoms with Crippen LogP contribution in [0.3, 0.4) is 0 Å². The van der Waals surface area contributed by atoms with Gasteiger partial charge in [0.25, 0.3) is 0 Å². The summed E-state index contributed by atoms with van der Waals surface area (Å²) in [5.41, 5.74) is 1.18. The predicted molar refractivity (Wildman–Crippen MR) is 88.8 cm³/mol. The molecular formula is C16H12BrN3O2. The predicted octanol–water partition coefficient (Wildman–Crippen LogP) is 2.80. The van der Waals surface area contributed by atoms with Crippen molar-refractivity contribution >= 4 is 38.4 Å². The molecule has 0 aliphatic rings. The smallest absolute Gasteiger partial charge is 0.246 e. The van der Waals surface area contributed by atoms with E-state index in [1.807, 2.05) is 24.3 Å². The molecule has 0 saturated heterocycles. The van der Waals surface area contributed by atoms with Gasteiger partial charge in [-0.2, -0.15) is 5.10 Å². The fourth-order valence-corrected chi connectivity index (χ4v) is 2.59. The van der Waals surface area contributed by atoms with Crippen molar-refractivity contribution in [2.45, 2.75) is 6.54 Å². The number of amides is 1. The van der Waals surface area contributed by atoms with E-state index in [-0.39, 0.29) is 17.9 Å². The number of para-hydroxylation sites is 1. The third kappa shape index (κ3) is 3.07. The Balaban J connectivity index is 1.86. The molecule has 5 nitrogen and oxygen atoms in total. The first-order valence-corrected chi connectivity index (χ1v) is 7.43. The van der Waals surface area contributed by atoms with E-state index in [1.54, 1.807) is 24.3 Å². The van der Waals surface area contributed by atoms with Gasteiger partial charge in [0, 0.05) is 15.5 Å². The van der Waals surface area contributed by atoms with E-state index >= 15 is 0 Å². The second-order valence-corrected chi connectivity index (χ2v) is 5.66. The van der Waals surface area contributed by atoms with Crippen LogP contribution in [-0.4, -0.2) is 15.7 Å². The number of anilines is 1. The maximum atomic E-state index is 12.2. The summed E-state index contributed by atoms with van der Waals surface area (Å²) >= 11 is 3.36. The van der Waals surface area contributed by atoms with Crippen LogP contribution in [0.4, 0.5) is 5.69 Å². The number of hydrogen-bond acceptors (Lipinski definition) is 3. The number of nitrogens with zero attached hydrogens (tertiary/aromatic N) is 2. The zero-order valence-electron chi connectivity index (χ0n) is 11.5. The molecule has 0 saturated carbocycles. The Hall–Kier alpha value is -2.47. The van der Waals surface area contributed by atoms with E-state index < -0.39 is 0 Å². The van der Waals surface area contributed by atoms with E-state index in [1.165, 1.54) is 10.9 Å². The standard InChI is InChI=1S/C16H12BrN3O2/c17-11-4-3-5-12(8-11)19-16(22)10-20-14-7-2-1-6-13(14)15(21)9-18-20/h1-9H,10H2,(H,19,22). The van der Waals surface area contributed by atoms with Crippen molar-refractivity contribution in [3.63, 3.8) is 0 Å². The molecule has 22 heavy (non-hydrogen) atoms. The normalized spacial score (nSPS) is 10.6. The SMILES string of the molecule is O=C(Cn1ncc(=O)c2ccccc21)Nc1cccc(Br)c1. The number of aromatic nitrogens is 2. The van der Waals surface area contributed by atoms with Crippen LogP contribution in [0.2, 0.25) is 0 Å². The summed E-state index contributed by atoms with van der Waals surface area (Å²) in [6.07, 6.45) is 1.23. The molecule has 6 heteroatoms. The topological polar surface area (TPSA) is 64.0 Å². The van der Waals surface area contributed by atoms with Gasteiger partial charge < -0.3 is 5.32 Å². The lowest BCUT2D eigenvalue weighted by molar-refractivity contribution is -0.116. The van der Waals surface area contributed by atoms with Crippen LogP contribution in [-0.2, 0) is 11.3 Å².